The van der Waals surface area contributed by atoms with Crippen LogP contribution in [0.2, 0.25) is 0 Å². The van der Waals surface area contributed by atoms with Crippen molar-refractivity contribution < 1.29 is 19.4 Å². The van der Waals surface area contributed by atoms with Gasteiger partial charge in [0.25, 0.3) is 0 Å². The number of aliphatic hydroxyl groups is 1. The maximum atomic E-state index is 13.4. The summed E-state index contributed by atoms with van der Waals surface area (Å²) in [6.45, 7) is 4.21. The first-order valence-corrected chi connectivity index (χ1v) is 11.7. The molecule has 176 valence electrons. The minimum atomic E-state index is -0.635. The molecule has 2 aromatic heterocycles. The van der Waals surface area contributed by atoms with Crippen molar-refractivity contribution in [3.05, 3.63) is 47.7 Å². The molecule has 10 heteroatoms. The van der Waals surface area contributed by atoms with Gasteiger partial charge in [-0.1, -0.05) is 6.07 Å². The molecule has 0 saturated carbocycles. The maximum absolute atomic E-state index is 13.4. The van der Waals surface area contributed by atoms with Crippen molar-refractivity contribution in [1.29, 1.82) is 0 Å². The number of aromatic nitrogens is 4. The number of carbonyl (C=O) groups excluding carboxylic acids is 2. The van der Waals surface area contributed by atoms with Crippen LogP contribution in [0.1, 0.15) is 37.9 Å². The van der Waals surface area contributed by atoms with Gasteiger partial charge in [0.1, 0.15) is 6.61 Å². The highest BCUT2D eigenvalue weighted by Gasteiger charge is 2.52. The summed E-state index contributed by atoms with van der Waals surface area (Å²) in [6.07, 6.45) is 3.08. The molecule has 0 radical (unpaired) electrons. The number of fused-ring (bicyclic) bond motifs is 3. The highest BCUT2D eigenvalue weighted by atomic mass is 16.5. The van der Waals surface area contributed by atoms with Crippen molar-refractivity contribution in [1.82, 2.24) is 29.8 Å². The van der Waals surface area contributed by atoms with Crippen LogP contribution in [0, 0.1) is 5.41 Å². The number of hydrogen-bond donors (Lipinski definition) is 1. The Bertz CT molecular complexity index is 1330. The summed E-state index contributed by atoms with van der Waals surface area (Å²) in [6, 6.07) is 9.69. The van der Waals surface area contributed by atoms with E-state index in [1.807, 2.05) is 37.3 Å². The molecular formula is C24H26N6O4. The smallest absolute Gasteiger partial charge is 0.333 e. The molecule has 1 N–H and O–H groups in total. The molecule has 3 aliphatic heterocycles. The number of pyridine rings is 1. The summed E-state index contributed by atoms with van der Waals surface area (Å²) >= 11 is 0. The summed E-state index contributed by atoms with van der Waals surface area (Å²) in [5, 5.41) is 23.6. The van der Waals surface area contributed by atoms with E-state index in [-0.39, 0.29) is 24.5 Å². The lowest BCUT2D eigenvalue weighted by molar-refractivity contribution is -0.139. The van der Waals surface area contributed by atoms with Gasteiger partial charge in [0.15, 0.2) is 5.65 Å². The summed E-state index contributed by atoms with van der Waals surface area (Å²) in [5.41, 5.74) is 2.69. The molecule has 1 amide bonds. The number of nitrogens with zero attached hydrogens (tertiary/aromatic N) is 6. The molecule has 34 heavy (non-hydrogen) atoms. The molecule has 6 rings (SSSR count). The third kappa shape index (κ3) is 3.36. The molecule has 1 spiro atoms. The quantitative estimate of drug-likeness (QED) is 0.580. The highest BCUT2D eigenvalue weighted by Crippen LogP contribution is 2.46. The number of carbonyl (C=O) groups is 2. The third-order valence-electron chi connectivity index (χ3n) is 7.57. The van der Waals surface area contributed by atoms with Crippen LogP contribution >= 0.6 is 0 Å². The Kier molecular flexibility index (Phi) is 4.89. The molecule has 3 aromatic rings. The molecule has 3 aliphatic rings. The zero-order valence-electron chi connectivity index (χ0n) is 18.9. The van der Waals surface area contributed by atoms with E-state index in [1.54, 1.807) is 9.42 Å². The summed E-state index contributed by atoms with van der Waals surface area (Å²) in [7, 11) is 0. The third-order valence-corrected chi connectivity index (χ3v) is 7.57. The van der Waals surface area contributed by atoms with Gasteiger partial charge in [-0.2, -0.15) is 4.52 Å². The van der Waals surface area contributed by atoms with Gasteiger partial charge in [-0.25, -0.2) is 4.79 Å². The predicted octanol–water partition coefficient (Wildman–Crippen LogP) is 1.45. The molecule has 1 aromatic carbocycles. The highest BCUT2D eigenvalue weighted by molar-refractivity contribution is 5.91. The van der Waals surface area contributed by atoms with Crippen LogP contribution in [-0.2, 0) is 14.3 Å². The second-order valence-electron chi connectivity index (χ2n) is 9.67. The molecule has 2 fully saturated rings. The first-order valence-electron chi connectivity index (χ1n) is 11.7. The zero-order valence-corrected chi connectivity index (χ0v) is 18.9. The number of amides is 1. The SMILES string of the molecule is C[C@H]1CC2(CCN(CC(O)c3ccc4c(ccc5nnnn54)c3)CC2)C(=O)N1C1=CC(=O)OC1. The normalized spacial score (nSPS) is 23.8. The number of β-amino-alcohol motifs (C(OH)–C–C–N with tert-alkyl or cyclic N) is 1. The second kappa shape index (κ2) is 7.85. The average Bonchev–Trinajstić information content (AvgIpc) is 3.54. The van der Waals surface area contributed by atoms with Crippen LogP contribution in [0.5, 0.6) is 0 Å². The van der Waals surface area contributed by atoms with Crippen LogP contribution in [0.25, 0.3) is 16.6 Å². The molecule has 0 aliphatic carbocycles. The molecule has 2 atom stereocenters. The Balaban J connectivity index is 1.13. The van der Waals surface area contributed by atoms with Gasteiger partial charge >= 0.3 is 5.97 Å². The van der Waals surface area contributed by atoms with E-state index in [0.717, 1.165) is 48.8 Å². The zero-order chi connectivity index (χ0) is 23.4. The Morgan fingerprint density at radius 3 is 2.79 bits per heavy atom. The Labute approximate surface area is 195 Å². The molecule has 1 unspecified atom stereocenters. The summed E-state index contributed by atoms with van der Waals surface area (Å²) in [5.74, 6) is -0.274. The summed E-state index contributed by atoms with van der Waals surface area (Å²) in [4.78, 5) is 28.9. The lowest BCUT2D eigenvalue weighted by atomic mass is 9.76. The van der Waals surface area contributed by atoms with Crippen LogP contribution in [0.15, 0.2) is 42.1 Å². The average molecular weight is 463 g/mol. The number of ether oxygens (including phenoxy) is 1. The molecule has 0 bridgehead atoms. The fourth-order valence-corrected chi connectivity index (χ4v) is 5.79. The van der Waals surface area contributed by atoms with Gasteiger partial charge in [0.2, 0.25) is 5.91 Å². The van der Waals surface area contributed by atoms with Crippen LogP contribution in [0.4, 0.5) is 0 Å². The van der Waals surface area contributed by atoms with Crippen LogP contribution in [-0.4, -0.2) is 79.1 Å². The Morgan fingerprint density at radius 2 is 2.03 bits per heavy atom. The van der Waals surface area contributed by atoms with Crippen molar-refractivity contribution in [3.63, 3.8) is 0 Å². The number of likely N-dealkylation sites (tertiary alicyclic amines) is 2. The monoisotopic (exact) mass is 462 g/mol. The largest absolute Gasteiger partial charge is 0.456 e. The standard InChI is InChI=1S/C24H26N6O4/c1-15-12-24(23(33)29(15)18-11-22(32)34-14-18)6-8-28(9-7-24)13-20(31)17-2-4-19-16(10-17)3-5-21-25-26-27-30(19)21/h2-5,10-11,15,20,31H,6-9,12-14H2,1H3/t15-,20?/m0/s1. The molecule has 10 nitrogen and oxygen atoms in total. The van der Waals surface area contributed by atoms with E-state index in [2.05, 4.69) is 20.4 Å². The van der Waals surface area contributed by atoms with Gasteiger partial charge < -0.3 is 19.6 Å². The topological polar surface area (TPSA) is 113 Å². The number of esters is 1. The lowest BCUT2D eigenvalue weighted by Gasteiger charge is -2.38. The number of hydrogen-bond acceptors (Lipinski definition) is 8. The van der Waals surface area contributed by atoms with Crippen molar-refractivity contribution in [3.8, 4) is 0 Å². The number of rotatable bonds is 4. The fourth-order valence-electron chi connectivity index (χ4n) is 5.79. The van der Waals surface area contributed by atoms with Crippen molar-refractivity contribution in [2.24, 2.45) is 5.41 Å². The van der Waals surface area contributed by atoms with Gasteiger partial charge in [-0.05, 0) is 79.5 Å². The number of aliphatic hydroxyl groups excluding tert-OH is 1. The fraction of sp³-hybridized carbons (Fsp3) is 0.458. The van der Waals surface area contributed by atoms with Crippen molar-refractivity contribution >= 4 is 28.4 Å². The van der Waals surface area contributed by atoms with E-state index >= 15 is 0 Å². The Morgan fingerprint density at radius 1 is 1.21 bits per heavy atom. The van der Waals surface area contributed by atoms with Crippen LogP contribution in [0.3, 0.4) is 0 Å². The van der Waals surface area contributed by atoms with Gasteiger partial charge in [-0.15, -0.1) is 5.10 Å². The predicted molar refractivity (Wildman–Crippen MR) is 121 cm³/mol. The van der Waals surface area contributed by atoms with Gasteiger partial charge in [0.05, 0.1) is 22.7 Å². The van der Waals surface area contributed by atoms with Crippen LogP contribution < -0.4 is 0 Å². The lowest BCUT2D eigenvalue weighted by Crippen LogP contribution is -2.45. The number of tetrazole rings is 1. The van der Waals surface area contributed by atoms with E-state index in [4.69, 9.17) is 4.74 Å². The summed E-state index contributed by atoms with van der Waals surface area (Å²) < 4.78 is 6.71. The first-order chi connectivity index (χ1) is 16.4. The van der Waals surface area contributed by atoms with Gasteiger partial charge in [0, 0.05) is 24.0 Å². The van der Waals surface area contributed by atoms with E-state index in [9.17, 15) is 14.7 Å². The van der Waals surface area contributed by atoms with E-state index in [0.29, 0.717) is 17.9 Å². The number of piperidine rings is 1. The van der Waals surface area contributed by atoms with Crippen molar-refractivity contribution in [2.75, 3.05) is 26.2 Å². The molecule has 5 heterocycles. The second-order valence-corrected chi connectivity index (χ2v) is 9.67. The van der Waals surface area contributed by atoms with Gasteiger partial charge in [-0.3, -0.25) is 4.79 Å². The number of cyclic esters (lactones) is 1. The molecular weight excluding hydrogens is 436 g/mol. The maximum Gasteiger partial charge on any atom is 0.333 e. The number of benzene rings is 1. The first kappa shape index (κ1) is 21.2. The minimum Gasteiger partial charge on any atom is -0.456 e. The van der Waals surface area contributed by atoms with Crippen molar-refractivity contribution in [2.45, 2.75) is 38.3 Å². The minimum absolute atomic E-state index is 0.0506. The van der Waals surface area contributed by atoms with E-state index in [1.165, 1.54) is 6.08 Å². The van der Waals surface area contributed by atoms with E-state index < -0.39 is 11.5 Å². The molecule has 2 saturated heterocycles. The Hall–Kier alpha value is -3.37.